The molecule has 0 saturated heterocycles. The molecular formula is C19H17N3O3S. The van der Waals surface area contributed by atoms with Crippen LogP contribution in [0.3, 0.4) is 0 Å². The Kier molecular flexibility index (Phi) is 5.28. The summed E-state index contributed by atoms with van der Waals surface area (Å²) >= 11 is 1.51. The van der Waals surface area contributed by atoms with Crippen molar-refractivity contribution in [3.8, 4) is 5.75 Å². The van der Waals surface area contributed by atoms with Gasteiger partial charge in [0.05, 0.1) is 11.3 Å². The van der Waals surface area contributed by atoms with Gasteiger partial charge in [-0.15, -0.1) is 11.3 Å². The minimum absolute atomic E-state index is 0.225. The molecule has 0 aliphatic carbocycles. The number of nitrogens with one attached hydrogen (secondary N) is 1. The molecule has 0 fully saturated rings. The monoisotopic (exact) mass is 367 g/mol. The van der Waals surface area contributed by atoms with Crippen LogP contribution in [0.5, 0.6) is 5.75 Å². The Morgan fingerprint density at radius 1 is 1.12 bits per heavy atom. The molecule has 2 amide bonds. The van der Waals surface area contributed by atoms with Crippen LogP contribution in [0.2, 0.25) is 0 Å². The lowest BCUT2D eigenvalue weighted by atomic mass is 10.1. The molecule has 26 heavy (non-hydrogen) atoms. The van der Waals surface area contributed by atoms with E-state index in [1.54, 1.807) is 25.1 Å². The highest BCUT2D eigenvalue weighted by Gasteiger charge is 2.12. The van der Waals surface area contributed by atoms with E-state index < -0.39 is 5.91 Å². The van der Waals surface area contributed by atoms with Crippen LogP contribution in [-0.4, -0.2) is 24.1 Å². The molecule has 3 rings (SSSR count). The largest absolute Gasteiger partial charge is 0.483 e. The van der Waals surface area contributed by atoms with Crippen molar-refractivity contribution in [2.75, 3.05) is 6.61 Å². The summed E-state index contributed by atoms with van der Waals surface area (Å²) in [5.74, 6) is -0.368. The fraction of sp³-hybridized carbons (Fsp3) is 0.105. The number of carbonyl (C=O) groups is 2. The maximum Gasteiger partial charge on any atom is 0.272 e. The van der Waals surface area contributed by atoms with E-state index in [1.165, 1.54) is 11.3 Å². The first-order valence-electron chi connectivity index (χ1n) is 7.87. The molecule has 0 radical (unpaired) electrons. The van der Waals surface area contributed by atoms with Gasteiger partial charge in [-0.3, -0.25) is 9.59 Å². The van der Waals surface area contributed by atoms with E-state index in [1.807, 2.05) is 35.7 Å². The maximum absolute atomic E-state index is 12.5. The lowest BCUT2D eigenvalue weighted by Gasteiger charge is -2.10. The number of benzene rings is 2. The molecule has 0 aliphatic heterocycles. The van der Waals surface area contributed by atoms with Crippen LogP contribution >= 0.6 is 11.3 Å². The Hall–Kier alpha value is -3.19. The van der Waals surface area contributed by atoms with Gasteiger partial charge in [0.2, 0.25) is 0 Å². The number of fused-ring (bicyclic) bond motifs is 1. The zero-order chi connectivity index (χ0) is 18.5. The smallest absolute Gasteiger partial charge is 0.272 e. The molecule has 1 heterocycles. The normalized spacial score (nSPS) is 11.3. The van der Waals surface area contributed by atoms with Gasteiger partial charge >= 0.3 is 0 Å². The van der Waals surface area contributed by atoms with Gasteiger partial charge in [0, 0.05) is 21.0 Å². The van der Waals surface area contributed by atoms with Crippen LogP contribution in [0.15, 0.2) is 59.0 Å². The van der Waals surface area contributed by atoms with Gasteiger partial charge < -0.3 is 10.5 Å². The predicted octanol–water partition coefficient (Wildman–Crippen LogP) is 2.92. The molecule has 3 aromatic rings. The molecule has 6 nitrogen and oxygen atoms in total. The molecule has 0 bridgehead atoms. The molecular weight excluding hydrogens is 350 g/mol. The number of ether oxygens (including phenoxy) is 1. The van der Waals surface area contributed by atoms with Crippen molar-refractivity contribution in [1.82, 2.24) is 5.43 Å². The van der Waals surface area contributed by atoms with Crippen molar-refractivity contribution in [3.63, 3.8) is 0 Å². The lowest BCUT2D eigenvalue weighted by Crippen LogP contribution is -2.21. The topological polar surface area (TPSA) is 93.8 Å². The molecule has 0 spiro atoms. The number of rotatable bonds is 6. The maximum atomic E-state index is 12.5. The average molecular weight is 367 g/mol. The third-order valence-electron chi connectivity index (χ3n) is 3.70. The molecule has 0 unspecified atom stereocenters. The number of para-hydroxylation sites is 1. The molecule has 1 aromatic heterocycles. The number of primary amides is 1. The van der Waals surface area contributed by atoms with Gasteiger partial charge in [0.15, 0.2) is 6.61 Å². The van der Waals surface area contributed by atoms with Crippen LogP contribution < -0.4 is 15.9 Å². The summed E-state index contributed by atoms with van der Waals surface area (Å²) in [5, 5.41) is 6.88. The standard InChI is InChI=1S/C19H17N3O3S/c1-12(13-6-2-4-8-16(13)25-10-18(20)23)21-22-19(24)15-11-26-17-9-5-3-7-14(15)17/h2-9,11H,10H2,1H3,(H2,20,23)(H,22,24). The van der Waals surface area contributed by atoms with Gasteiger partial charge in [0.1, 0.15) is 5.75 Å². The van der Waals surface area contributed by atoms with E-state index in [0.717, 1.165) is 10.1 Å². The number of hydrogen-bond donors (Lipinski definition) is 2. The van der Waals surface area contributed by atoms with Gasteiger partial charge in [-0.1, -0.05) is 30.3 Å². The summed E-state index contributed by atoms with van der Waals surface area (Å²) in [6.07, 6.45) is 0. The fourth-order valence-corrected chi connectivity index (χ4v) is 3.39. The fourth-order valence-electron chi connectivity index (χ4n) is 2.45. The minimum Gasteiger partial charge on any atom is -0.483 e. The number of thiophene rings is 1. The number of nitrogens with two attached hydrogens (primary N) is 1. The molecule has 132 valence electrons. The van der Waals surface area contributed by atoms with E-state index in [9.17, 15) is 9.59 Å². The van der Waals surface area contributed by atoms with Crippen LogP contribution in [0.4, 0.5) is 0 Å². The van der Waals surface area contributed by atoms with Gasteiger partial charge in [-0.25, -0.2) is 5.43 Å². The molecule has 0 atom stereocenters. The Balaban J connectivity index is 1.78. The number of nitrogens with zero attached hydrogens (tertiary/aromatic N) is 1. The van der Waals surface area contributed by atoms with Crippen molar-refractivity contribution in [1.29, 1.82) is 0 Å². The van der Waals surface area contributed by atoms with E-state index >= 15 is 0 Å². The summed E-state index contributed by atoms with van der Waals surface area (Å²) in [7, 11) is 0. The first-order valence-corrected chi connectivity index (χ1v) is 8.75. The summed E-state index contributed by atoms with van der Waals surface area (Å²) in [4.78, 5) is 23.4. The quantitative estimate of drug-likeness (QED) is 0.518. The predicted molar refractivity (Wildman–Crippen MR) is 103 cm³/mol. The van der Waals surface area contributed by atoms with Gasteiger partial charge in [0.25, 0.3) is 11.8 Å². The van der Waals surface area contributed by atoms with E-state index in [2.05, 4.69) is 10.5 Å². The second-order valence-corrected chi connectivity index (χ2v) is 6.45. The number of amides is 2. The SMILES string of the molecule is CC(=NNC(=O)c1csc2ccccc12)c1ccccc1OCC(N)=O. The Labute approximate surface area is 154 Å². The van der Waals surface area contributed by atoms with Crippen molar-refractivity contribution >= 4 is 38.9 Å². The number of carbonyl (C=O) groups excluding carboxylic acids is 2. The molecule has 2 aromatic carbocycles. The third kappa shape index (κ3) is 3.89. The van der Waals surface area contributed by atoms with Crippen LogP contribution in [0, 0.1) is 0 Å². The second-order valence-electron chi connectivity index (χ2n) is 5.53. The van der Waals surface area contributed by atoms with Crippen molar-refractivity contribution < 1.29 is 14.3 Å². The Bertz CT molecular complexity index is 994. The first-order chi connectivity index (χ1) is 12.6. The molecule has 7 heteroatoms. The van der Waals surface area contributed by atoms with Crippen LogP contribution in [-0.2, 0) is 4.79 Å². The average Bonchev–Trinajstić information content (AvgIpc) is 3.08. The molecule has 0 saturated carbocycles. The molecule has 3 N–H and O–H groups in total. The Morgan fingerprint density at radius 3 is 2.65 bits per heavy atom. The van der Waals surface area contributed by atoms with Crippen molar-refractivity contribution in [2.24, 2.45) is 10.8 Å². The van der Waals surface area contributed by atoms with Crippen molar-refractivity contribution in [2.45, 2.75) is 6.92 Å². The summed E-state index contributed by atoms with van der Waals surface area (Å²) in [6, 6.07) is 14.8. The first kappa shape index (κ1) is 17.6. The van der Waals surface area contributed by atoms with E-state index in [4.69, 9.17) is 10.5 Å². The highest BCUT2D eigenvalue weighted by Crippen LogP contribution is 2.25. The number of hydrazone groups is 1. The summed E-state index contributed by atoms with van der Waals surface area (Å²) in [5.41, 5.74) is 9.50. The minimum atomic E-state index is -0.563. The zero-order valence-electron chi connectivity index (χ0n) is 14.1. The lowest BCUT2D eigenvalue weighted by molar-refractivity contribution is -0.119. The zero-order valence-corrected chi connectivity index (χ0v) is 14.9. The van der Waals surface area contributed by atoms with Gasteiger partial charge in [-0.2, -0.15) is 5.10 Å². The number of hydrogen-bond acceptors (Lipinski definition) is 5. The third-order valence-corrected chi connectivity index (χ3v) is 4.66. The second kappa shape index (κ2) is 7.79. The summed E-state index contributed by atoms with van der Waals surface area (Å²) in [6.45, 7) is 1.52. The van der Waals surface area contributed by atoms with Crippen LogP contribution in [0.1, 0.15) is 22.8 Å². The van der Waals surface area contributed by atoms with E-state index in [-0.39, 0.29) is 12.5 Å². The van der Waals surface area contributed by atoms with Crippen molar-refractivity contribution in [3.05, 3.63) is 65.0 Å². The van der Waals surface area contributed by atoms with Gasteiger partial charge in [-0.05, 0) is 25.1 Å². The molecule has 0 aliphatic rings. The summed E-state index contributed by atoms with van der Waals surface area (Å²) < 4.78 is 6.43. The highest BCUT2D eigenvalue weighted by molar-refractivity contribution is 7.17. The van der Waals surface area contributed by atoms with Crippen LogP contribution in [0.25, 0.3) is 10.1 Å². The van der Waals surface area contributed by atoms with E-state index in [0.29, 0.717) is 22.6 Å². The Morgan fingerprint density at radius 2 is 1.85 bits per heavy atom. The highest BCUT2D eigenvalue weighted by atomic mass is 32.1.